The Hall–Kier alpha value is -1.49. The van der Waals surface area contributed by atoms with Crippen molar-refractivity contribution < 1.29 is 0 Å². The first-order chi connectivity index (χ1) is 7.29. The van der Waals surface area contributed by atoms with Gasteiger partial charge >= 0.3 is 0 Å². The largest absolute Gasteiger partial charge is 0.373 e. The monoisotopic (exact) mass is 220 g/mol. The van der Waals surface area contributed by atoms with E-state index in [2.05, 4.69) is 15.3 Å². The van der Waals surface area contributed by atoms with Crippen LogP contribution in [0.25, 0.3) is 0 Å². The number of anilines is 1. The number of nitrogens with one attached hydrogen (secondary N) is 1. The molecule has 15 heavy (non-hydrogen) atoms. The van der Waals surface area contributed by atoms with Crippen molar-refractivity contribution in [2.24, 2.45) is 7.05 Å². The second-order valence-electron chi connectivity index (χ2n) is 3.03. The highest BCUT2D eigenvalue weighted by molar-refractivity contribution is 7.99. The first-order valence-corrected chi connectivity index (χ1v) is 5.41. The van der Waals surface area contributed by atoms with Crippen LogP contribution in [0.5, 0.6) is 0 Å². The van der Waals surface area contributed by atoms with Crippen LogP contribution in [0.15, 0.2) is 40.8 Å². The minimum atomic E-state index is 0.870. The van der Waals surface area contributed by atoms with Crippen LogP contribution in [0, 0.1) is 0 Å². The molecule has 0 saturated heterocycles. The Kier molecular flexibility index (Phi) is 2.91. The van der Waals surface area contributed by atoms with Crippen LogP contribution in [0.2, 0.25) is 0 Å². The fourth-order valence-corrected chi connectivity index (χ4v) is 1.95. The zero-order chi connectivity index (χ0) is 10.7. The van der Waals surface area contributed by atoms with Gasteiger partial charge < -0.3 is 9.88 Å². The molecule has 0 aliphatic heterocycles. The molecule has 2 aromatic heterocycles. The Morgan fingerprint density at radius 1 is 1.40 bits per heavy atom. The predicted molar refractivity (Wildman–Crippen MR) is 61.1 cm³/mol. The normalized spacial score (nSPS) is 10.3. The second kappa shape index (κ2) is 4.35. The van der Waals surface area contributed by atoms with E-state index in [-0.39, 0.29) is 0 Å². The van der Waals surface area contributed by atoms with Crippen molar-refractivity contribution in [1.29, 1.82) is 0 Å². The fourth-order valence-electron chi connectivity index (χ4n) is 1.15. The van der Waals surface area contributed by atoms with Crippen molar-refractivity contribution in [3.63, 3.8) is 0 Å². The van der Waals surface area contributed by atoms with Crippen molar-refractivity contribution in [2.45, 2.75) is 10.2 Å². The number of nitrogens with zero attached hydrogens (tertiary/aromatic N) is 3. The first-order valence-electron chi connectivity index (χ1n) is 4.59. The summed E-state index contributed by atoms with van der Waals surface area (Å²) in [6, 6.07) is 5.88. The molecular weight excluding hydrogens is 208 g/mol. The molecule has 2 aromatic rings. The molecule has 0 radical (unpaired) electrons. The third-order valence-electron chi connectivity index (χ3n) is 1.95. The van der Waals surface area contributed by atoms with Gasteiger partial charge in [0.25, 0.3) is 0 Å². The summed E-state index contributed by atoms with van der Waals surface area (Å²) in [5.41, 5.74) is 0. The summed E-state index contributed by atoms with van der Waals surface area (Å²) in [5, 5.41) is 4.89. The van der Waals surface area contributed by atoms with Gasteiger partial charge in [-0.1, -0.05) is 6.07 Å². The van der Waals surface area contributed by atoms with Crippen LogP contribution in [0.3, 0.4) is 0 Å². The lowest BCUT2D eigenvalue weighted by molar-refractivity contribution is 0.789. The molecule has 0 aliphatic carbocycles. The smallest absolute Gasteiger partial charge is 0.174 e. The lowest BCUT2D eigenvalue weighted by Crippen LogP contribution is -1.93. The summed E-state index contributed by atoms with van der Waals surface area (Å²) in [7, 11) is 3.83. The molecule has 0 bridgehead atoms. The van der Waals surface area contributed by atoms with E-state index in [9.17, 15) is 0 Å². The minimum Gasteiger partial charge on any atom is -0.373 e. The average Bonchev–Trinajstić information content (AvgIpc) is 2.65. The van der Waals surface area contributed by atoms with Crippen LogP contribution < -0.4 is 5.32 Å². The second-order valence-corrected chi connectivity index (χ2v) is 4.02. The van der Waals surface area contributed by atoms with Gasteiger partial charge in [-0.15, -0.1) is 0 Å². The first kappa shape index (κ1) is 10.0. The minimum absolute atomic E-state index is 0.870. The summed E-state index contributed by atoms with van der Waals surface area (Å²) in [4.78, 5) is 8.64. The van der Waals surface area contributed by atoms with E-state index in [4.69, 9.17) is 0 Å². The van der Waals surface area contributed by atoms with Crippen LogP contribution in [0.1, 0.15) is 0 Å². The zero-order valence-electron chi connectivity index (χ0n) is 8.64. The topological polar surface area (TPSA) is 42.7 Å². The molecule has 0 atom stereocenters. The van der Waals surface area contributed by atoms with Gasteiger partial charge in [-0.25, -0.2) is 9.97 Å². The third kappa shape index (κ3) is 2.30. The van der Waals surface area contributed by atoms with Crippen molar-refractivity contribution in [1.82, 2.24) is 14.5 Å². The summed E-state index contributed by atoms with van der Waals surface area (Å²) in [6.07, 6.45) is 3.70. The van der Waals surface area contributed by atoms with E-state index in [0.717, 1.165) is 16.0 Å². The maximum atomic E-state index is 4.41. The standard InChI is InChI=1S/C10H12N4S/c1-11-8-4-3-5-9(13-8)15-10-12-6-7-14(10)2/h3-7H,1-2H3,(H,11,13). The summed E-state index contributed by atoms with van der Waals surface area (Å²) < 4.78 is 1.97. The van der Waals surface area contributed by atoms with E-state index >= 15 is 0 Å². The van der Waals surface area contributed by atoms with Gasteiger partial charge in [0.2, 0.25) is 0 Å². The molecule has 0 spiro atoms. The highest BCUT2D eigenvalue weighted by Crippen LogP contribution is 2.24. The Balaban J connectivity index is 2.21. The van der Waals surface area contributed by atoms with Crippen LogP contribution >= 0.6 is 11.8 Å². The van der Waals surface area contributed by atoms with Gasteiger partial charge in [0, 0.05) is 26.5 Å². The number of aryl methyl sites for hydroxylation is 1. The van der Waals surface area contributed by atoms with Crippen LogP contribution in [0.4, 0.5) is 5.82 Å². The Morgan fingerprint density at radius 3 is 2.93 bits per heavy atom. The van der Waals surface area contributed by atoms with Gasteiger partial charge in [-0.3, -0.25) is 0 Å². The van der Waals surface area contributed by atoms with Gasteiger partial charge in [0.1, 0.15) is 10.8 Å². The number of hydrogen-bond donors (Lipinski definition) is 1. The number of pyridine rings is 1. The van der Waals surface area contributed by atoms with Gasteiger partial charge in [-0.2, -0.15) is 0 Å². The van der Waals surface area contributed by atoms with Gasteiger partial charge in [-0.05, 0) is 23.9 Å². The van der Waals surface area contributed by atoms with Gasteiger partial charge in [0.05, 0.1) is 0 Å². The number of rotatable bonds is 3. The molecule has 0 fully saturated rings. The third-order valence-corrected chi connectivity index (χ3v) is 2.96. The number of aromatic nitrogens is 3. The van der Waals surface area contributed by atoms with E-state index < -0.39 is 0 Å². The van der Waals surface area contributed by atoms with Crippen molar-refractivity contribution in [3.05, 3.63) is 30.6 Å². The molecular formula is C10H12N4S. The SMILES string of the molecule is CNc1cccc(Sc2nccn2C)n1. The number of hydrogen-bond acceptors (Lipinski definition) is 4. The molecule has 0 unspecified atom stereocenters. The lowest BCUT2D eigenvalue weighted by atomic mass is 10.5. The summed E-state index contributed by atoms with van der Waals surface area (Å²) in [6.45, 7) is 0. The maximum Gasteiger partial charge on any atom is 0.174 e. The zero-order valence-corrected chi connectivity index (χ0v) is 9.45. The molecule has 78 valence electrons. The highest BCUT2D eigenvalue weighted by atomic mass is 32.2. The maximum absolute atomic E-state index is 4.41. The Morgan fingerprint density at radius 2 is 2.27 bits per heavy atom. The van der Waals surface area contributed by atoms with Crippen LogP contribution in [-0.4, -0.2) is 21.6 Å². The molecule has 0 amide bonds. The molecule has 1 N–H and O–H groups in total. The van der Waals surface area contributed by atoms with Crippen molar-refractivity contribution in [2.75, 3.05) is 12.4 Å². The molecule has 4 nitrogen and oxygen atoms in total. The average molecular weight is 220 g/mol. The summed E-state index contributed by atoms with van der Waals surface area (Å²) >= 11 is 1.55. The molecule has 5 heteroatoms. The number of imidazole rings is 1. The predicted octanol–water partition coefficient (Wildman–Crippen LogP) is 2.01. The Bertz CT molecular complexity index is 452. The summed E-state index contributed by atoms with van der Waals surface area (Å²) in [5.74, 6) is 0.870. The van der Waals surface area contributed by atoms with Crippen LogP contribution in [-0.2, 0) is 7.05 Å². The fraction of sp³-hybridized carbons (Fsp3) is 0.200. The van der Waals surface area contributed by atoms with E-state index in [1.165, 1.54) is 0 Å². The molecule has 0 saturated carbocycles. The molecule has 2 rings (SSSR count). The molecule has 2 heterocycles. The van der Waals surface area contributed by atoms with E-state index in [1.807, 2.05) is 43.1 Å². The van der Waals surface area contributed by atoms with E-state index in [1.54, 1.807) is 18.0 Å². The highest BCUT2D eigenvalue weighted by Gasteiger charge is 2.03. The van der Waals surface area contributed by atoms with Crippen molar-refractivity contribution in [3.8, 4) is 0 Å². The van der Waals surface area contributed by atoms with Crippen molar-refractivity contribution >= 4 is 17.6 Å². The van der Waals surface area contributed by atoms with E-state index in [0.29, 0.717) is 0 Å². The molecule has 0 aromatic carbocycles. The van der Waals surface area contributed by atoms with Gasteiger partial charge in [0.15, 0.2) is 5.16 Å². The lowest BCUT2D eigenvalue weighted by Gasteiger charge is -2.03. The quantitative estimate of drug-likeness (QED) is 0.859. The molecule has 0 aliphatic rings. The Labute approximate surface area is 92.7 Å².